The molecular weight excluding hydrogens is 1180 g/mol. The van der Waals surface area contributed by atoms with E-state index in [-0.39, 0.29) is 51.2 Å². The molecule has 2 rings (SSSR count). The molecule has 0 saturated carbocycles. The summed E-state index contributed by atoms with van der Waals surface area (Å²) in [6.45, 7) is 6.39. The second kappa shape index (κ2) is 38.4. The second-order valence-corrected chi connectivity index (χ2v) is 22.7. The van der Waals surface area contributed by atoms with Crippen molar-refractivity contribution < 1.29 is 82.8 Å². The molecule has 11 amide bonds. The van der Waals surface area contributed by atoms with E-state index in [1.54, 1.807) is 50.4 Å². The summed E-state index contributed by atoms with van der Waals surface area (Å²) in [6.07, 6.45) is -1.45. The van der Waals surface area contributed by atoms with Crippen LogP contribution in [0.2, 0.25) is 0 Å². The number of aliphatic hydroxyl groups excluding tert-OH is 2. The van der Waals surface area contributed by atoms with Crippen LogP contribution in [0.1, 0.15) is 85.1 Å². The number of aliphatic carboxylic acids is 2. The third-order valence-corrected chi connectivity index (χ3v) is 15.2. The van der Waals surface area contributed by atoms with Crippen molar-refractivity contribution in [2.75, 3.05) is 43.1 Å². The zero-order chi connectivity index (χ0) is 65.7. The van der Waals surface area contributed by atoms with Crippen LogP contribution in [0.15, 0.2) is 35.3 Å². The Hall–Kier alpha value is -7.82. The van der Waals surface area contributed by atoms with E-state index in [4.69, 9.17) is 22.9 Å². The number of nitrogens with two attached hydrogens (primary N) is 4. The van der Waals surface area contributed by atoms with Gasteiger partial charge in [0, 0.05) is 25.3 Å². The summed E-state index contributed by atoms with van der Waals surface area (Å²) < 4.78 is 0. The number of rotatable bonds is 39. The summed E-state index contributed by atoms with van der Waals surface area (Å²) in [5.74, 6) is -14.9. The number of benzene rings is 1. The third kappa shape index (κ3) is 26.8. The molecule has 0 aliphatic carbocycles. The van der Waals surface area contributed by atoms with E-state index in [0.717, 1.165) is 13.8 Å². The Morgan fingerprint density at radius 2 is 1.22 bits per heavy atom. The Morgan fingerprint density at radius 3 is 1.76 bits per heavy atom. The molecule has 1 aliphatic rings. The van der Waals surface area contributed by atoms with Gasteiger partial charge in [-0.05, 0) is 76.4 Å². The lowest BCUT2D eigenvalue weighted by Gasteiger charge is -2.29. The van der Waals surface area contributed by atoms with Gasteiger partial charge in [0.05, 0.1) is 37.0 Å². The number of carbonyl (C=O) groups excluding carboxylic acids is 11. The predicted molar refractivity (Wildman–Crippen MR) is 319 cm³/mol. The molecule has 1 aromatic rings. The number of hydrogen-bond donors (Lipinski definition) is 17. The van der Waals surface area contributed by atoms with Crippen LogP contribution in [0.25, 0.3) is 0 Å². The van der Waals surface area contributed by atoms with Gasteiger partial charge in [0.25, 0.3) is 0 Å². The molecule has 32 nitrogen and oxygen atoms in total. The van der Waals surface area contributed by atoms with Gasteiger partial charge in [0.1, 0.15) is 54.4 Å². The predicted octanol–water partition coefficient (Wildman–Crippen LogP) is -6.05. The molecule has 1 fully saturated rings. The van der Waals surface area contributed by atoms with Crippen molar-refractivity contribution in [2.24, 2.45) is 33.8 Å². The molecule has 1 heterocycles. The number of carboxylic acids is 2. The number of likely N-dealkylation sites (tertiary alicyclic amines) is 1. The van der Waals surface area contributed by atoms with E-state index in [1.165, 1.54) is 23.6 Å². The van der Waals surface area contributed by atoms with Gasteiger partial charge < -0.3 is 96.1 Å². The van der Waals surface area contributed by atoms with E-state index in [9.17, 15) is 82.8 Å². The van der Waals surface area contributed by atoms with Gasteiger partial charge in [-0.1, -0.05) is 50.6 Å². The molecule has 13 atom stereocenters. The summed E-state index contributed by atoms with van der Waals surface area (Å²) in [5.41, 5.74) is 22.6. The fourth-order valence-electron chi connectivity index (χ4n) is 8.61. The second-order valence-electron chi connectivity index (χ2n) is 20.7. The highest BCUT2D eigenvalue weighted by Gasteiger charge is 2.40. The zero-order valence-electron chi connectivity index (χ0n) is 49.4. The maximum absolute atomic E-state index is 14.3. The molecule has 1 aliphatic heterocycles. The zero-order valence-corrected chi connectivity index (χ0v) is 51.0. The Morgan fingerprint density at radius 1 is 0.678 bits per heavy atom. The first-order valence-corrected chi connectivity index (χ1v) is 30.5. The van der Waals surface area contributed by atoms with Crippen molar-refractivity contribution in [3.8, 4) is 0 Å². The first kappa shape index (κ1) is 75.3. The summed E-state index contributed by atoms with van der Waals surface area (Å²) in [4.78, 5) is 177. The van der Waals surface area contributed by atoms with E-state index in [1.807, 2.05) is 5.32 Å². The number of nitrogens with zero attached hydrogens (tertiary/aromatic N) is 2. The van der Waals surface area contributed by atoms with Crippen molar-refractivity contribution in [1.82, 2.24) is 52.8 Å². The third-order valence-electron chi connectivity index (χ3n) is 13.5. The lowest BCUT2D eigenvalue weighted by molar-refractivity contribution is -0.144. The minimum absolute atomic E-state index is 0.0145. The average Bonchev–Trinajstić information content (AvgIpc) is 3.24. The molecular formula is C53H85N15O17S2. The fourth-order valence-corrected chi connectivity index (χ4v) is 9.84. The van der Waals surface area contributed by atoms with Crippen LogP contribution in [-0.2, 0) is 68.7 Å². The largest absolute Gasteiger partial charge is 0.481 e. The summed E-state index contributed by atoms with van der Waals surface area (Å²) in [5, 5.41) is 61.5. The summed E-state index contributed by atoms with van der Waals surface area (Å²) >= 11 is 1.99. The van der Waals surface area contributed by atoms with Gasteiger partial charge in [-0.2, -0.15) is 11.8 Å². The van der Waals surface area contributed by atoms with Crippen LogP contribution in [0, 0.1) is 5.92 Å². The van der Waals surface area contributed by atoms with Crippen LogP contribution in [0.4, 0.5) is 0 Å². The number of amides is 11. The Labute approximate surface area is 511 Å². The van der Waals surface area contributed by atoms with Crippen LogP contribution in [0.3, 0.4) is 0 Å². The molecule has 1 saturated heterocycles. The number of nitrogens with one attached hydrogen (secondary N) is 9. The van der Waals surface area contributed by atoms with E-state index < -0.39 is 180 Å². The lowest BCUT2D eigenvalue weighted by Crippen LogP contribution is -2.63. The molecule has 87 heavy (non-hydrogen) atoms. The van der Waals surface area contributed by atoms with E-state index in [2.05, 4.69) is 47.5 Å². The van der Waals surface area contributed by atoms with E-state index in [0.29, 0.717) is 35.9 Å². The molecule has 21 N–H and O–H groups in total. The first-order chi connectivity index (χ1) is 40.9. The SMILES string of the molecule is CCC(C)C(NC(=O)CNC(=O)C(CCSC)NC(=O)C(CCCN=C(N)N)NC(=O)C(Cc1ccccc1)NC(=O)C1CCCN1C(=O)C(C)N)C(=O)NC(CSCC(=O)O)C(=O)NC(C(=O)NC(C(=O)NC(CC(N)=O)C(=O)O)C(C)O)C(C)O. The summed E-state index contributed by atoms with van der Waals surface area (Å²) in [6, 6.07) is -5.89. The molecule has 0 bridgehead atoms. The quantitative estimate of drug-likeness (QED) is 0.0166. The van der Waals surface area contributed by atoms with Gasteiger partial charge in [0.15, 0.2) is 5.96 Å². The number of aliphatic imine (C=N–C) groups is 1. The van der Waals surface area contributed by atoms with Crippen LogP contribution in [-0.4, -0.2) is 224 Å². The number of hydrogen-bond acceptors (Lipinski definition) is 19. The minimum atomic E-state index is -1.94. The smallest absolute Gasteiger partial charge is 0.326 e. The Balaban J connectivity index is 2.37. The molecule has 0 spiro atoms. The lowest BCUT2D eigenvalue weighted by atomic mass is 9.98. The van der Waals surface area contributed by atoms with Gasteiger partial charge in [0.2, 0.25) is 65.0 Å². The number of thioether (sulfide) groups is 2. The van der Waals surface area contributed by atoms with Gasteiger partial charge in [-0.25, -0.2) is 4.79 Å². The Kier molecular flexibility index (Phi) is 33.2. The highest BCUT2D eigenvalue weighted by Crippen LogP contribution is 2.19. The van der Waals surface area contributed by atoms with E-state index >= 15 is 0 Å². The fraction of sp³-hybridized carbons (Fsp3) is 0.623. The normalized spacial score (nSPS) is 16.9. The topological polar surface area (TPSA) is 531 Å². The minimum Gasteiger partial charge on any atom is -0.481 e. The number of carbonyl (C=O) groups is 13. The standard InChI is InChI=1S/C53H85N15O17S2/c1-7-26(2)40(48(80)64-35(24-87-25-39(73)74)46(78)66-42(29(5)70)50(82)67-41(28(4)69)49(81)63-34(52(84)85)22-37(55)71)65-38(72)23-59-43(75)32(17-20-86-6)61-44(76)31(15-11-18-58-53(56)57)60-45(77)33(21-30-13-9-8-10-14-30)62-47(79)36-16-12-19-68(36)51(83)27(3)54/h8-10,13-14,26-29,31-36,40-42,69-70H,7,11-12,15-25,54H2,1-6H3,(H2,55,71)(H,59,75)(H,60,77)(H,61,76)(H,62,79)(H,63,81)(H,64,80)(H,65,72)(H,66,78)(H,67,82)(H,73,74)(H,84,85)(H4,56,57,58). The van der Waals surface area contributed by atoms with Crippen LogP contribution in [0.5, 0.6) is 0 Å². The first-order valence-electron chi connectivity index (χ1n) is 27.9. The molecule has 13 unspecified atom stereocenters. The average molecular weight is 1270 g/mol. The maximum Gasteiger partial charge on any atom is 0.326 e. The Bertz CT molecular complexity index is 2580. The van der Waals surface area contributed by atoms with Crippen molar-refractivity contribution in [3.63, 3.8) is 0 Å². The van der Waals surface area contributed by atoms with Crippen molar-refractivity contribution in [3.05, 3.63) is 35.9 Å². The van der Waals surface area contributed by atoms with Crippen molar-refractivity contribution in [2.45, 2.75) is 159 Å². The molecule has 34 heteroatoms. The van der Waals surface area contributed by atoms with Gasteiger partial charge in [-0.3, -0.25) is 62.5 Å². The molecule has 0 radical (unpaired) electrons. The monoisotopic (exact) mass is 1270 g/mol. The number of guanidine groups is 1. The van der Waals surface area contributed by atoms with Crippen molar-refractivity contribution >= 4 is 106 Å². The maximum atomic E-state index is 14.3. The number of primary amides is 1. The number of carboxylic acid groups (broad SMARTS) is 2. The van der Waals surface area contributed by atoms with Gasteiger partial charge >= 0.3 is 11.9 Å². The molecule has 0 aromatic heterocycles. The van der Waals surface area contributed by atoms with Gasteiger partial charge in [-0.15, -0.1) is 11.8 Å². The highest BCUT2D eigenvalue weighted by atomic mass is 32.2. The van der Waals surface area contributed by atoms with Crippen LogP contribution >= 0.6 is 23.5 Å². The van der Waals surface area contributed by atoms with Crippen LogP contribution < -0.4 is 70.8 Å². The highest BCUT2D eigenvalue weighted by molar-refractivity contribution is 8.00. The number of aliphatic hydroxyl groups is 2. The molecule has 486 valence electrons. The molecule has 1 aromatic carbocycles. The van der Waals surface area contributed by atoms with Crippen molar-refractivity contribution in [1.29, 1.82) is 0 Å². The summed E-state index contributed by atoms with van der Waals surface area (Å²) in [7, 11) is 0.